The third-order valence-electron chi connectivity index (χ3n) is 1.93. The fraction of sp³-hybridized carbons (Fsp3) is 0.556. The van der Waals surface area contributed by atoms with Gasteiger partial charge in [0.15, 0.2) is 0 Å². The van der Waals surface area contributed by atoms with Gasteiger partial charge in [0, 0.05) is 6.20 Å². The van der Waals surface area contributed by atoms with Crippen molar-refractivity contribution in [1.29, 1.82) is 0 Å². The first-order chi connectivity index (χ1) is 7.04. The molecular formula is C9H15N3O3. The number of nitrogen functional groups attached to an aromatic ring is 1. The standard InChI is InChI=1S/C9H15N3O3/c1-6(5-13)15-7(2)12-4-3-8(10)11-9(12)14/h3-4,6-7,13H,5H2,1-2H3,(H2,10,11,14)/t6-,7+/m0/s1. The molecule has 1 aromatic heterocycles. The van der Waals surface area contributed by atoms with Crippen molar-refractivity contribution in [2.45, 2.75) is 26.2 Å². The van der Waals surface area contributed by atoms with Gasteiger partial charge < -0.3 is 15.6 Å². The molecule has 0 aromatic carbocycles. The largest absolute Gasteiger partial charge is 0.394 e. The lowest BCUT2D eigenvalue weighted by Crippen LogP contribution is -2.29. The monoisotopic (exact) mass is 213 g/mol. The number of hydrogen-bond acceptors (Lipinski definition) is 5. The molecule has 0 aliphatic carbocycles. The van der Waals surface area contributed by atoms with Crippen LogP contribution < -0.4 is 11.4 Å². The number of aliphatic hydroxyl groups excluding tert-OH is 1. The Kier molecular flexibility index (Phi) is 3.81. The first kappa shape index (κ1) is 11.7. The van der Waals surface area contributed by atoms with Crippen LogP contribution in [0.5, 0.6) is 0 Å². The van der Waals surface area contributed by atoms with Crippen LogP contribution in [0.2, 0.25) is 0 Å². The van der Waals surface area contributed by atoms with E-state index in [0.717, 1.165) is 0 Å². The summed E-state index contributed by atoms with van der Waals surface area (Å²) in [7, 11) is 0. The van der Waals surface area contributed by atoms with Gasteiger partial charge in [-0.05, 0) is 19.9 Å². The molecule has 0 aliphatic rings. The Hall–Kier alpha value is -1.40. The Bertz CT molecular complexity index is 377. The fourth-order valence-corrected chi connectivity index (χ4v) is 1.15. The highest BCUT2D eigenvalue weighted by atomic mass is 16.5. The molecule has 2 atom stereocenters. The molecule has 1 aromatic rings. The van der Waals surface area contributed by atoms with E-state index in [0.29, 0.717) is 0 Å². The molecule has 0 saturated carbocycles. The van der Waals surface area contributed by atoms with Crippen LogP contribution in [0.3, 0.4) is 0 Å². The first-order valence-electron chi connectivity index (χ1n) is 4.65. The number of nitrogens with zero attached hydrogens (tertiary/aromatic N) is 2. The third kappa shape index (κ3) is 3.03. The Labute approximate surface area is 87.3 Å². The predicted octanol–water partition coefficient (Wildman–Crippen LogP) is -0.259. The number of anilines is 1. The molecule has 6 nitrogen and oxygen atoms in total. The van der Waals surface area contributed by atoms with Gasteiger partial charge in [-0.3, -0.25) is 4.57 Å². The van der Waals surface area contributed by atoms with Crippen molar-refractivity contribution in [1.82, 2.24) is 9.55 Å². The van der Waals surface area contributed by atoms with Gasteiger partial charge >= 0.3 is 5.69 Å². The zero-order valence-corrected chi connectivity index (χ0v) is 8.75. The summed E-state index contributed by atoms with van der Waals surface area (Å²) < 4.78 is 6.65. The van der Waals surface area contributed by atoms with Crippen molar-refractivity contribution < 1.29 is 9.84 Å². The molecule has 0 spiro atoms. The third-order valence-corrected chi connectivity index (χ3v) is 1.93. The average Bonchev–Trinajstić information content (AvgIpc) is 2.17. The van der Waals surface area contributed by atoms with E-state index in [2.05, 4.69) is 4.98 Å². The predicted molar refractivity (Wildman–Crippen MR) is 55.3 cm³/mol. The highest BCUT2D eigenvalue weighted by molar-refractivity contribution is 5.23. The molecule has 84 valence electrons. The Morgan fingerprint density at radius 3 is 2.87 bits per heavy atom. The normalized spacial score (nSPS) is 14.9. The molecule has 0 bridgehead atoms. The minimum Gasteiger partial charge on any atom is -0.394 e. The molecule has 0 amide bonds. The number of aromatic nitrogens is 2. The van der Waals surface area contributed by atoms with Crippen LogP contribution in [-0.2, 0) is 4.74 Å². The average molecular weight is 213 g/mol. The summed E-state index contributed by atoms with van der Waals surface area (Å²) in [5.74, 6) is 0.179. The molecule has 0 saturated heterocycles. The second-order valence-corrected chi connectivity index (χ2v) is 3.27. The molecule has 0 fully saturated rings. The van der Waals surface area contributed by atoms with Gasteiger partial charge in [-0.2, -0.15) is 4.98 Å². The summed E-state index contributed by atoms with van der Waals surface area (Å²) in [4.78, 5) is 15.0. The van der Waals surface area contributed by atoms with Crippen molar-refractivity contribution in [3.63, 3.8) is 0 Å². The highest BCUT2D eigenvalue weighted by Gasteiger charge is 2.10. The quantitative estimate of drug-likeness (QED) is 0.719. The van der Waals surface area contributed by atoms with Crippen LogP contribution in [0.25, 0.3) is 0 Å². The van der Waals surface area contributed by atoms with E-state index in [4.69, 9.17) is 15.6 Å². The van der Waals surface area contributed by atoms with Gasteiger partial charge in [0.1, 0.15) is 12.0 Å². The summed E-state index contributed by atoms with van der Waals surface area (Å²) in [5.41, 5.74) is 4.88. The van der Waals surface area contributed by atoms with Gasteiger partial charge in [0.2, 0.25) is 0 Å². The highest BCUT2D eigenvalue weighted by Crippen LogP contribution is 2.07. The molecule has 1 rings (SSSR count). The molecule has 0 aliphatic heterocycles. The maximum Gasteiger partial charge on any atom is 0.351 e. The lowest BCUT2D eigenvalue weighted by Gasteiger charge is -2.19. The summed E-state index contributed by atoms with van der Waals surface area (Å²) in [6, 6.07) is 1.52. The van der Waals surface area contributed by atoms with Crippen molar-refractivity contribution >= 4 is 5.82 Å². The van der Waals surface area contributed by atoms with Gasteiger partial charge in [0.25, 0.3) is 0 Å². The molecule has 0 radical (unpaired) electrons. The van der Waals surface area contributed by atoms with E-state index in [1.54, 1.807) is 13.8 Å². The summed E-state index contributed by atoms with van der Waals surface area (Å²) >= 11 is 0. The van der Waals surface area contributed by atoms with E-state index >= 15 is 0 Å². The molecule has 15 heavy (non-hydrogen) atoms. The zero-order chi connectivity index (χ0) is 11.4. The van der Waals surface area contributed by atoms with E-state index < -0.39 is 11.9 Å². The van der Waals surface area contributed by atoms with E-state index in [-0.39, 0.29) is 18.5 Å². The first-order valence-corrected chi connectivity index (χ1v) is 4.65. The van der Waals surface area contributed by atoms with Gasteiger partial charge in [-0.1, -0.05) is 0 Å². The Morgan fingerprint density at radius 1 is 1.67 bits per heavy atom. The van der Waals surface area contributed by atoms with Crippen LogP contribution in [0, 0.1) is 0 Å². The maximum absolute atomic E-state index is 11.4. The number of nitrogens with two attached hydrogens (primary N) is 1. The lowest BCUT2D eigenvalue weighted by molar-refractivity contribution is -0.0579. The van der Waals surface area contributed by atoms with E-state index in [1.807, 2.05) is 0 Å². The summed E-state index contributed by atoms with van der Waals surface area (Å²) in [6.45, 7) is 3.32. The number of rotatable bonds is 4. The number of ether oxygens (including phenoxy) is 1. The SMILES string of the molecule is C[C@@H](CO)O[C@H](C)n1ccc(N)nc1=O. The second kappa shape index (κ2) is 4.90. The topological polar surface area (TPSA) is 90.4 Å². The van der Waals surface area contributed by atoms with Crippen molar-refractivity contribution in [2.75, 3.05) is 12.3 Å². The molecule has 6 heteroatoms. The Balaban J connectivity index is 2.82. The smallest absolute Gasteiger partial charge is 0.351 e. The molecule has 3 N–H and O–H groups in total. The van der Waals surface area contributed by atoms with Crippen LogP contribution >= 0.6 is 0 Å². The summed E-state index contributed by atoms with van der Waals surface area (Å²) in [6.07, 6.45) is 0.705. The summed E-state index contributed by atoms with van der Waals surface area (Å²) in [5, 5.41) is 8.80. The van der Waals surface area contributed by atoms with Crippen molar-refractivity contribution in [3.05, 3.63) is 22.7 Å². The zero-order valence-electron chi connectivity index (χ0n) is 8.75. The number of hydrogen-bond donors (Lipinski definition) is 2. The van der Waals surface area contributed by atoms with Gasteiger partial charge in [-0.15, -0.1) is 0 Å². The van der Waals surface area contributed by atoms with Gasteiger partial charge in [-0.25, -0.2) is 4.79 Å². The Morgan fingerprint density at radius 2 is 2.33 bits per heavy atom. The number of aliphatic hydroxyl groups is 1. The van der Waals surface area contributed by atoms with Crippen LogP contribution in [0.4, 0.5) is 5.82 Å². The van der Waals surface area contributed by atoms with Crippen molar-refractivity contribution in [2.24, 2.45) is 0 Å². The molecule has 0 unspecified atom stereocenters. The van der Waals surface area contributed by atoms with Crippen LogP contribution in [0.1, 0.15) is 20.1 Å². The molecule has 1 heterocycles. The van der Waals surface area contributed by atoms with Crippen LogP contribution in [-0.4, -0.2) is 27.4 Å². The van der Waals surface area contributed by atoms with Gasteiger partial charge in [0.05, 0.1) is 12.7 Å². The van der Waals surface area contributed by atoms with E-state index in [9.17, 15) is 4.79 Å². The lowest BCUT2D eigenvalue weighted by atomic mass is 10.4. The fourth-order valence-electron chi connectivity index (χ4n) is 1.15. The van der Waals surface area contributed by atoms with E-state index in [1.165, 1.54) is 16.8 Å². The minimum atomic E-state index is -0.479. The maximum atomic E-state index is 11.4. The minimum absolute atomic E-state index is 0.0957. The van der Waals surface area contributed by atoms with Crippen molar-refractivity contribution in [3.8, 4) is 0 Å². The van der Waals surface area contributed by atoms with Crippen LogP contribution in [0.15, 0.2) is 17.1 Å². The molecular weight excluding hydrogens is 198 g/mol. The second-order valence-electron chi connectivity index (χ2n) is 3.27.